The number of furan rings is 1. The fraction of sp³-hybridized carbons (Fsp3) is 0.333. The minimum atomic E-state index is -0.0799. The molecule has 1 fully saturated rings. The minimum Gasteiger partial charge on any atom is -0.459 e. The van der Waals surface area contributed by atoms with Gasteiger partial charge < -0.3 is 19.0 Å². The van der Waals surface area contributed by atoms with Crippen LogP contribution in [0.15, 0.2) is 52.9 Å². The average molecular weight is 338 g/mol. The van der Waals surface area contributed by atoms with Crippen LogP contribution in [0.2, 0.25) is 0 Å². The first kappa shape index (κ1) is 16.3. The van der Waals surface area contributed by atoms with E-state index in [0.717, 1.165) is 47.1 Å². The number of aliphatic hydroxyl groups excluding tert-OH is 1. The molecule has 1 unspecified atom stereocenters. The van der Waals surface area contributed by atoms with E-state index in [2.05, 4.69) is 30.3 Å². The Kier molecular flexibility index (Phi) is 4.83. The molecule has 4 rings (SSSR count). The highest BCUT2D eigenvalue weighted by Gasteiger charge is 2.14. The normalized spacial score (nSPS) is 17.9. The first-order valence-electron chi connectivity index (χ1n) is 8.78. The van der Waals surface area contributed by atoms with Gasteiger partial charge in [0.1, 0.15) is 18.0 Å². The topological polar surface area (TPSA) is 51.8 Å². The molecule has 4 nitrogen and oxygen atoms in total. The molecule has 0 radical (unpaired) electrons. The maximum atomic E-state index is 9.19. The lowest BCUT2D eigenvalue weighted by molar-refractivity contribution is -0.168. The van der Waals surface area contributed by atoms with Crippen LogP contribution in [0.4, 0.5) is 0 Å². The summed E-state index contributed by atoms with van der Waals surface area (Å²) in [6, 6.07) is 16.3. The number of hydrogen-bond donors (Lipinski definition) is 1. The van der Waals surface area contributed by atoms with Gasteiger partial charge in [-0.2, -0.15) is 0 Å². The molecular formula is C21H22O4. The Labute approximate surface area is 147 Å². The molecule has 0 saturated carbocycles. The quantitative estimate of drug-likeness (QED) is 0.736. The first-order valence-corrected chi connectivity index (χ1v) is 8.78. The number of benzene rings is 2. The van der Waals surface area contributed by atoms with Crippen molar-refractivity contribution in [1.29, 1.82) is 0 Å². The second kappa shape index (κ2) is 7.40. The third kappa shape index (κ3) is 3.76. The van der Waals surface area contributed by atoms with E-state index in [0.29, 0.717) is 12.4 Å². The predicted molar refractivity (Wildman–Crippen MR) is 96.0 cm³/mol. The predicted octanol–water partition coefficient (Wildman–Crippen LogP) is 4.64. The molecule has 1 N–H and O–H groups in total. The molecular weight excluding hydrogens is 316 g/mol. The molecule has 1 saturated heterocycles. The average Bonchev–Trinajstić information content (AvgIpc) is 3.10. The van der Waals surface area contributed by atoms with E-state index in [-0.39, 0.29) is 12.9 Å². The van der Waals surface area contributed by atoms with Crippen LogP contribution in [0.5, 0.6) is 0 Å². The summed E-state index contributed by atoms with van der Waals surface area (Å²) < 4.78 is 17.0. The van der Waals surface area contributed by atoms with Crippen molar-refractivity contribution in [2.75, 3.05) is 6.61 Å². The van der Waals surface area contributed by atoms with Crippen molar-refractivity contribution < 1.29 is 19.0 Å². The van der Waals surface area contributed by atoms with Crippen LogP contribution < -0.4 is 0 Å². The van der Waals surface area contributed by atoms with Crippen LogP contribution in [0.25, 0.3) is 22.1 Å². The monoisotopic (exact) mass is 338 g/mol. The van der Waals surface area contributed by atoms with Crippen LogP contribution in [-0.2, 0) is 22.7 Å². The van der Waals surface area contributed by atoms with Gasteiger partial charge in [-0.3, -0.25) is 0 Å². The van der Waals surface area contributed by atoms with E-state index in [1.807, 2.05) is 18.2 Å². The standard InChI is InChI=1S/C21H22O4/c22-13-19-12-18-11-17(8-9-20(18)25-19)16-6-4-15(5-7-16)14-24-21-3-1-2-10-23-21/h4-9,11-12,21-22H,1-3,10,13-14H2. The van der Waals surface area contributed by atoms with Crippen molar-refractivity contribution in [2.45, 2.75) is 38.8 Å². The fourth-order valence-corrected chi connectivity index (χ4v) is 3.18. The van der Waals surface area contributed by atoms with Gasteiger partial charge in [0.25, 0.3) is 0 Å². The van der Waals surface area contributed by atoms with Crippen LogP contribution in [0, 0.1) is 0 Å². The van der Waals surface area contributed by atoms with Crippen molar-refractivity contribution in [1.82, 2.24) is 0 Å². The Hall–Kier alpha value is -2.14. The molecule has 1 aliphatic rings. The molecule has 4 heteroatoms. The third-order valence-corrected chi connectivity index (χ3v) is 4.58. The smallest absolute Gasteiger partial charge is 0.158 e. The van der Waals surface area contributed by atoms with Crippen LogP contribution in [-0.4, -0.2) is 18.0 Å². The lowest BCUT2D eigenvalue weighted by atomic mass is 10.0. The Morgan fingerprint density at radius 1 is 1.00 bits per heavy atom. The molecule has 2 aromatic carbocycles. The molecule has 3 aromatic rings. The van der Waals surface area contributed by atoms with Gasteiger partial charge in [-0.05, 0) is 54.2 Å². The summed E-state index contributed by atoms with van der Waals surface area (Å²) in [6.07, 6.45) is 3.24. The van der Waals surface area contributed by atoms with E-state index >= 15 is 0 Å². The summed E-state index contributed by atoms with van der Waals surface area (Å²) in [4.78, 5) is 0. The van der Waals surface area contributed by atoms with E-state index in [9.17, 15) is 5.11 Å². The molecule has 1 aromatic heterocycles. The Balaban J connectivity index is 1.45. The Morgan fingerprint density at radius 2 is 1.84 bits per heavy atom. The maximum Gasteiger partial charge on any atom is 0.158 e. The number of ether oxygens (including phenoxy) is 2. The van der Waals surface area contributed by atoms with Crippen molar-refractivity contribution in [3.05, 3.63) is 59.9 Å². The molecule has 130 valence electrons. The van der Waals surface area contributed by atoms with E-state index in [4.69, 9.17) is 13.9 Å². The number of hydrogen-bond acceptors (Lipinski definition) is 4. The van der Waals surface area contributed by atoms with Gasteiger partial charge in [0.2, 0.25) is 0 Å². The number of fused-ring (bicyclic) bond motifs is 1. The molecule has 2 heterocycles. The second-order valence-electron chi connectivity index (χ2n) is 6.43. The summed E-state index contributed by atoms with van der Waals surface area (Å²) in [5.74, 6) is 0.588. The van der Waals surface area contributed by atoms with Gasteiger partial charge >= 0.3 is 0 Å². The van der Waals surface area contributed by atoms with Gasteiger partial charge in [-0.1, -0.05) is 30.3 Å². The summed E-state index contributed by atoms with van der Waals surface area (Å²) in [5, 5.41) is 10.2. The molecule has 0 aliphatic carbocycles. The summed E-state index contributed by atoms with van der Waals surface area (Å²) >= 11 is 0. The number of rotatable bonds is 5. The number of aliphatic hydroxyl groups is 1. The third-order valence-electron chi connectivity index (χ3n) is 4.58. The van der Waals surface area contributed by atoms with Gasteiger partial charge in [0.05, 0.1) is 6.61 Å². The molecule has 25 heavy (non-hydrogen) atoms. The summed E-state index contributed by atoms with van der Waals surface area (Å²) in [7, 11) is 0. The highest BCUT2D eigenvalue weighted by Crippen LogP contribution is 2.27. The highest BCUT2D eigenvalue weighted by molar-refractivity contribution is 5.84. The fourth-order valence-electron chi connectivity index (χ4n) is 3.18. The van der Waals surface area contributed by atoms with Gasteiger partial charge in [-0.15, -0.1) is 0 Å². The Bertz CT molecular complexity index is 829. The lowest BCUT2D eigenvalue weighted by Crippen LogP contribution is -2.21. The van der Waals surface area contributed by atoms with Crippen LogP contribution in [0.3, 0.4) is 0 Å². The zero-order valence-corrected chi connectivity index (χ0v) is 14.1. The van der Waals surface area contributed by atoms with E-state index in [1.165, 1.54) is 6.42 Å². The molecule has 0 bridgehead atoms. The largest absolute Gasteiger partial charge is 0.459 e. The van der Waals surface area contributed by atoms with E-state index < -0.39 is 0 Å². The second-order valence-corrected chi connectivity index (χ2v) is 6.43. The van der Waals surface area contributed by atoms with Crippen LogP contribution >= 0.6 is 0 Å². The van der Waals surface area contributed by atoms with Crippen molar-refractivity contribution in [3.8, 4) is 11.1 Å². The molecule has 1 aliphatic heterocycles. The zero-order valence-electron chi connectivity index (χ0n) is 14.1. The Morgan fingerprint density at radius 3 is 2.60 bits per heavy atom. The lowest BCUT2D eigenvalue weighted by Gasteiger charge is -2.22. The van der Waals surface area contributed by atoms with Crippen LogP contribution in [0.1, 0.15) is 30.6 Å². The SMILES string of the molecule is OCc1cc2cc(-c3ccc(COC4CCCCO4)cc3)ccc2o1. The zero-order chi connectivity index (χ0) is 17.1. The molecule has 1 atom stereocenters. The van der Waals surface area contributed by atoms with Gasteiger partial charge in [0.15, 0.2) is 6.29 Å². The first-order chi connectivity index (χ1) is 12.3. The minimum absolute atomic E-state index is 0.0577. The van der Waals surface area contributed by atoms with Crippen molar-refractivity contribution >= 4 is 11.0 Å². The van der Waals surface area contributed by atoms with Gasteiger partial charge in [-0.25, -0.2) is 0 Å². The summed E-state index contributed by atoms with van der Waals surface area (Å²) in [6.45, 7) is 1.30. The highest BCUT2D eigenvalue weighted by atomic mass is 16.7. The van der Waals surface area contributed by atoms with Gasteiger partial charge in [0, 0.05) is 12.0 Å². The summed E-state index contributed by atoms with van der Waals surface area (Å²) in [5.41, 5.74) is 4.21. The maximum absolute atomic E-state index is 9.19. The van der Waals surface area contributed by atoms with Crippen molar-refractivity contribution in [3.63, 3.8) is 0 Å². The molecule has 0 amide bonds. The van der Waals surface area contributed by atoms with E-state index in [1.54, 1.807) is 0 Å². The molecule has 0 spiro atoms. The van der Waals surface area contributed by atoms with Crippen molar-refractivity contribution in [2.24, 2.45) is 0 Å².